The van der Waals surface area contributed by atoms with E-state index < -0.39 is 0 Å². The summed E-state index contributed by atoms with van der Waals surface area (Å²) in [6.45, 7) is 1.99. The van der Waals surface area contributed by atoms with Gasteiger partial charge in [0.1, 0.15) is 23.3 Å². The van der Waals surface area contributed by atoms with Gasteiger partial charge in [0.25, 0.3) is 0 Å². The maximum absolute atomic E-state index is 10.4. The molecule has 3 heterocycles. The summed E-state index contributed by atoms with van der Waals surface area (Å²) < 4.78 is 13.0. The smallest absolute Gasteiger partial charge is 0.159 e. The standard InChI is InChI=1S/C24H21N3O3/c1-15-23(16-9-11-17(29-2)12-10-16)24-25-19(18-6-3-4-7-21(18)28)14-20(27(24)26-15)22-8-5-13-30-22/h3-13,20,28H,14H2,1-2H3/t20-/m1/s1. The number of ether oxygens (including phenoxy) is 1. The second kappa shape index (κ2) is 7.22. The molecule has 30 heavy (non-hydrogen) atoms. The average Bonchev–Trinajstić information content (AvgIpc) is 3.41. The molecule has 150 valence electrons. The van der Waals surface area contributed by atoms with Crippen LogP contribution in [0.4, 0.5) is 5.82 Å². The highest BCUT2D eigenvalue weighted by Gasteiger charge is 2.31. The van der Waals surface area contributed by atoms with Gasteiger partial charge in [-0.1, -0.05) is 24.3 Å². The monoisotopic (exact) mass is 399 g/mol. The molecule has 0 spiro atoms. The summed E-state index contributed by atoms with van der Waals surface area (Å²) in [5, 5.41) is 15.3. The first-order valence-electron chi connectivity index (χ1n) is 9.78. The minimum atomic E-state index is -0.146. The van der Waals surface area contributed by atoms with Crippen molar-refractivity contribution >= 4 is 11.5 Å². The van der Waals surface area contributed by atoms with Crippen molar-refractivity contribution in [3.8, 4) is 22.6 Å². The molecule has 1 atom stereocenters. The number of phenols is 1. The van der Waals surface area contributed by atoms with E-state index in [2.05, 4.69) is 0 Å². The van der Waals surface area contributed by atoms with E-state index in [9.17, 15) is 5.11 Å². The number of methoxy groups -OCH3 is 1. The number of aliphatic imine (C=N–C) groups is 1. The zero-order valence-corrected chi connectivity index (χ0v) is 16.7. The molecule has 5 rings (SSSR count). The van der Waals surface area contributed by atoms with Crippen LogP contribution in [0.3, 0.4) is 0 Å². The first-order valence-corrected chi connectivity index (χ1v) is 9.78. The van der Waals surface area contributed by atoms with Crippen molar-refractivity contribution < 1.29 is 14.3 Å². The minimum Gasteiger partial charge on any atom is -0.507 e. The number of rotatable bonds is 4. The van der Waals surface area contributed by atoms with Gasteiger partial charge in [-0.3, -0.25) is 0 Å². The van der Waals surface area contributed by atoms with E-state index in [1.54, 1.807) is 19.4 Å². The van der Waals surface area contributed by atoms with Crippen molar-refractivity contribution in [2.75, 3.05) is 7.11 Å². The quantitative estimate of drug-likeness (QED) is 0.507. The van der Waals surface area contributed by atoms with Crippen molar-refractivity contribution in [3.05, 3.63) is 83.9 Å². The Morgan fingerprint density at radius 3 is 2.57 bits per heavy atom. The van der Waals surface area contributed by atoms with Crippen LogP contribution in [-0.4, -0.2) is 27.7 Å². The van der Waals surface area contributed by atoms with Gasteiger partial charge in [0.15, 0.2) is 5.82 Å². The summed E-state index contributed by atoms with van der Waals surface area (Å²) >= 11 is 0. The molecule has 1 N–H and O–H groups in total. The lowest BCUT2D eigenvalue weighted by Gasteiger charge is -2.23. The fourth-order valence-corrected chi connectivity index (χ4v) is 3.99. The summed E-state index contributed by atoms with van der Waals surface area (Å²) in [7, 11) is 1.65. The Morgan fingerprint density at radius 1 is 1.07 bits per heavy atom. The minimum absolute atomic E-state index is 0.146. The van der Waals surface area contributed by atoms with Crippen molar-refractivity contribution in [1.29, 1.82) is 0 Å². The molecule has 0 fully saturated rings. The number of para-hydroxylation sites is 1. The number of fused-ring (bicyclic) bond motifs is 1. The van der Waals surface area contributed by atoms with Gasteiger partial charge in [-0.25, -0.2) is 9.67 Å². The molecule has 0 aliphatic carbocycles. The Bertz CT molecular complexity index is 1220. The Balaban J connectivity index is 1.71. The average molecular weight is 399 g/mol. The third-order valence-electron chi connectivity index (χ3n) is 5.45. The number of hydrogen-bond acceptors (Lipinski definition) is 5. The lowest BCUT2D eigenvalue weighted by Crippen LogP contribution is -2.21. The molecule has 0 saturated heterocycles. The fraction of sp³-hybridized carbons (Fsp3) is 0.167. The van der Waals surface area contributed by atoms with Crippen LogP contribution >= 0.6 is 0 Å². The largest absolute Gasteiger partial charge is 0.507 e. The number of aromatic nitrogens is 2. The normalized spacial score (nSPS) is 15.5. The van der Waals surface area contributed by atoms with Crippen LogP contribution in [0.5, 0.6) is 11.5 Å². The second-order valence-corrected chi connectivity index (χ2v) is 7.27. The summed E-state index contributed by atoms with van der Waals surface area (Å²) in [4.78, 5) is 4.96. The van der Waals surface area contributed by atoms with E-state index in [1.165, 1.54) is 0 Å². The SMILES string of the molecule is COc1ccc(-c2c(C)nn3c2N=C(c2ccccc2O)C[C@@H]3c2ccco2)cc1. The Kier molecular flexibility index (Phi) is 4.39. The molecule has 1 aliphatic rings. The van der Waals surface area contributed by atoms with Crippen molar-refractivity contribution in [2.24, 2.45) is 4.99 Å². The number of phenolic OH excluding ortho intramolecular Hbond substituents is 1. The van der Waals surface area contributed by atoms with Gasteiger partial charge in [-0.05, 0) is 48.9 Å². The lowest BCUT2D eigenvalue weighted by molar-refractivity contribution is 0.409. The summed E-state index contributed by atoms with van der Waals surface area (Å²) in [5.41, 5.74) is 4.38. The third kappa shape index (κ3) is 2.97. The summed E-state index contributed by atoms with van der Waals surface area (Å²) in [6.07, 6.45) is 2.24. The van der Waals surface area contributed by atoms with Crippen LogP contribution in [0.1, 0.15) is 29.5 Å². The second-order valence-electron chi connectivity index (χ2n) is 7.27. The molecular formula is C24H21N3O3. The van der Waals surface area contributed by atoms with Gasteiger partial charge in [-0.15, -0.1) is 0 Å². The Morgan fingerprint density at radius 2 is 1.87 bits per heavy atom. The molecule has 0 radical (unpaired) electrons. The van der Waals surface area contributed by atoms with Crippen molar-refractivity contribution in [2.45, 2.75) is 19.4 Å². The van der Waals surface area contributed by atoms with Gasteiger partial charge in [0, 0.05) is 17.5 Å². The zero-order valence-electron chi connectivity index (χ0n) is 16.7. The molecule has 0 bridgehead atoms. The first-order chi connectivity index (χ1) is 14.7. The highest BCUT2D eigenvalue weighted by atomic mass is 16.5. The van der Waals surface area contributed by atoms with Crippen LogP contribution in [0.25, 0.3) is 11.1 Å². The van der Waals surface area contributed by atoms with Crippen molar-refractivity contribution in [3.63, 3.8) is 0 Å². The number of furan rings is 1. The van der Waals surface area contributed by atoms with E-state index >= 15 is 0 Å². The maximum Gasteiger partial charge on any atom is 0.159 e. The van der Waals surface area contributed by atoms with Crippen LogP contribution < -0.4 is 4.74 Å². The van der Waals surface area contributed by atoms with E-state index in [1.807, 2.05) is 66.2 Å². The summed E-state index contributed by atoms with van der Waals surface area (Å²) in [5.74, 6) is 2.57. The van der Waals surface area contributed by atoms with Gasteiger partial charge >= 0.3 is 0 Å². The van der Waals surface area contributed by atoms with Gasteiger partial charge in [-0.2, -0.15) is 5.10 Å². The van der Waals surface area contributed by atoms with Crippen LogP contribution in [0, 0.1) is 6.92 Å². The third-order valence-corrected chi connectivity index (χ3v) is 5.45. The Labute approximate surface area is 174 Å². The van der Waals surface area contributed by atoms with E-state index in [0.717, 1.165) is 45.4 Å². The molecule has 6 heteroatoms. The van der Waals surface area contributed by atoms with E-state index in [0.29, 0.717) is 6.42 Å². The first kappa shape index (κ1) is 18.2. The maximum atomic E-state index is 10.4. The molecule has 0 unspecified atom stereocenters. The predicted molar refractivity (Wildman–Crippen MR) is 115 cm³/mol. The number of nitrogens with zero attached hydrogens (tertiary/aromatic N) is 3. The number of aryl methyl sites for hydroxylation is 1. The molecular weight excluding hydrogens is 378 g/mol. The highest BCUT2D eigenvalue weighted by Crippen LogP contribution is 2.42. The molecule has 4 aromatic rings. The van der Waals surface area contributed by atoms with E-state index in [4.69, 9.17) is 19.2 Å². The fourth-order valence-electron chi connectivity index (χ4n) is 3.99. The molecule has 0 saturated carbocycles. The number of benzene rings is 2. The lowest BCUT2D eigenvalue weighted by atomic mass is 9.98. The van der Waals surface area contributed by atoms with Gasteiger partial charge in [0.2, 0.25) is 0 Å². The number of hydrogen-bond donors (Lipinski definition) is 1. The van der Waals surface area contributed by atoms with Gasteiger partial charge in [0.05, 0.1) is 24.8 Å². The highest BCUT2D eigenvalue weighted by molar-refractivity contribution is 6.05. The molecule has 1 aliphatic heterocycles. The topological polar surface area (TPSA) is 72.8 Å². The number of aromatic hydroxyl groups is 1. The van der Waals surface area contributed by atoms with Gasteiger partial charge < -0.3 is 14.3 Å². The molecule has 2 aromatic carbocycles. The van der Waals surface area contributed by atoms with Crippen LogP contribution in [0.2, 0.25) is 0 Å². The van der Waals surface area contributed by atoms with Crippen molar-refractivity contribution in [1.82, 2.24) is 9.78 Å². The van der Waals surface area contributed by atoms with Crippen LogP contribution in [-0.2, 0) is 0 Å². The Hall–Kier alpha value is -3.80. The predicted octanol–water partition coefficient (Wildman–Crippen LogP) is 5.28. The zero-order chi connectivity index (χ0) is 20.7. The molecule has 6 nitrogen and oxygen atoms in total. The molecule has 2 aromatic heterocycles. The van der Waals surface area contributed by atoms with Crippen LogP contribution in [0.15, 0.2) is 76.3 Å². The molecule has 0 amide bonds. The summed E-state index contributed by atoms with van der Waals surface area (Å²) in [6, 6.07) is 18.8. The van der Waals surface area contributed by atoms with E-state index in [-0.39, 0.29) is 11.8 Å².